The lowest BCUT2D eigenvalue weighted by molar-refractivity contribution is -0.385. The van der Waals surface area contributed by atoms with E-state index in [2.05, 4.69) is 10.3 Å². The smallest absolute Gasteiger partial charge is 0.311 e. The van der Waals surface area contributed by atoms with E-state index in [4.69, 9.17) is 4.74 Å². The van der Waals surface area contributed by atoms with Crippen LogP contribution in [-0.2, 0) is 6.42 Å². The summed E-state index contributed by atoms with van der Waals surface area (Å²) < 4.78 is 5.31. The molecule has 0 saturated heterocycles. The molecule has 1 heterocycles. The van der Waals surface area contributed by atoms with Crippen molar-refractivity contribution in [2.24, 2.45) is 0 Å². The molecule has 110 valence electrons. The topological polar surface area (TPSA) is 77.3 Å². The molecule has 6 heteroatoms. The number of nitro groups is 1. The second-order valence-corrected chi connectivity index (χ2v) is 4.37. The number of rotatable bonds is 7. The zero-order valence-corrected chi connectivity index (χ0v) is 11.8. The van der Waals surface area contributed by atoms with Crippen LogP contribution in [0.3, 0.4) is 0 Å². The number of hydrogen-bond acceptors (Lipinski definition) is 5. The molecule has 0 spiro atoms. The second kappa shape index (κ2) is 7.23. The number of nitro benzene ring substituents is 1. The van der Waals surface area contributed by atoms with Crippen molar-refractivity contribution in [2.75, 3.05) is 18.5 Å². The number of nitrogens with zero attached hydrogens (tertiary/aromatic N) is 2. The summed E-state index contributed by atoms with van der Waals surface area (Å²) in [6.07, 6.45) is 2.54. The predicted molar refractivity (Wildman–Crippen MR) is 80.7 cm³/mol. The van der Waals surface area contributed by atoms with Crippen molar-refractivity contribution in [3.05, 3.63) is 58.4 Å². The van der Waals surface area contributed by atoms with Crippen LogP contribution in [0.25, 0.3) is 0 Å². The van der Waals surface area contributed by atoms with Crippen molar-refractivity contribution in [2.45, 2.75) is 13.3 Å². The van der Waals surface area contributed by atoms with Gasteiger partial charge in [0.1, 0.15) is 0 Å². The molecule has 0 amide bonds. The molecule has 0 saturated carbocycles. The summed E-state index contributed by atoms with van der Waals surface area (Å²) in [6.45, 7) is 2.88. The molecule has 0 bridgehead atoms. The third-order valence-corrected chi connectivity index (χ3v) is 2.89. The molecule has 0 aliphatic carbocycles. The van der Waals surface area contributed by atoms with E-state index >= 15 is 0 Å². The number of pyridine rings is 1. The Kier molecular flexibility index (Phi) is 5.09. The zero-order valence-electron chi connectivity index (χ0n) is 11.8. The van der Waals surface area contributed by atoms with E-state index in [-0.39, 0.29) is 11.4 Å². The van der Waals surface area contributed by atoms with Gasteiger partial charge in [-0.25, -0.2) is 0 Å². The van der Waals surface area contributed by atoms with Gasteiger partial charge in [0, 0.05) is 42.7 Å². The quantitative estimate of drug-likeness (QED) is 0.625. The van der Waals surface area contributed by atoms with E-state index in [0.717, 1.165) is 17.8 Å². The van der Waals surface area contributed by atoms with Gasteiger partial charge in [-0.2, -0.15) is 0 Å². The van der Waals surface area contributed by atoms with Gasteiger partial charge in [0.15, 0.2) is 5.75 Å². The lowest BCUT2D eigenvalue weighted by Gasteiger charge is -2.09. The molecule has 0 radical (unpaired) electrons. The highest BCUT2D eigenvalue weighted by molar-refractivity contribution is 5.58. The van der Waals surface area contributed by atoms with Gasteiger partial charge in [-0.05, 0) is 25.1 Å². The molecule has 1 N–H and O–H groups in total. The van der Waals surface area contributed by atoms with E-state index in [1.165, 1.54) is 6.07 Å². The summed E-state index contributed by atoms with van der Waals surface area (Å²) in [6, 6.07) is 10.6. The average molecular weight is 287 g/mol. The van der Waals surface area contributed by atoms with Crippen molar-refractivity contribution >= 4 is 11.4 Å². The van der Waals surface area contributed by atoms with Gasteiger partial charge in [-0.1, -0.05) is 6.07 Å². The summed E-state index contributed by atoms with van der Waals surface area (Å²) in [4.78, 5) is 14.7. The first kappa shape index (κ1) is 14.8. The minimum atomic E-state index is -0.442. The van der Waals surface area contributed by atoms with Crippen molar-refractivity contribution < 1.29 is 9.66 Å². The number of aromatic nitrogens is 1. The Morgan fingerprint density at radius 1 is 1.33 bits per heavy atom. The van der Waals surface area contributed by atoms with E-state index in [1.54, 1.807) is 25.3 Å². The highest BCUT2D eigenvalue weighted by Gasteiger charge is 2.15. The van der Waals surface area contributed by atoms with Crippen molar-refractivity contribution in [3.8, 4) is 5.75 Å². The van der Waals surface area contributed by atoms with Gasteiger partial charge >= 0.3 is 5.69 Å². The standard InChI is InChI=1S/C15H17N3O3/c1-2-21-15-11-13(6-7-14(15)18(19)20)17-10-8-12-5-3-4-9-16-12/h3-7,9,11,17H,2,8,10H2,1H3. The Morgan fingerprint density at radius 2 is 2.19 bits per heavy atom. The van der Waals surface area contributed by atoms with Gasteiger partial charge in [-0.3, -0.25) is 15.1 Å². The molecule has 1 aromatic heterocycles. The van der Waals surface area contributed by atoms with Gasteiger partial charge < -0.3 is 10.1 Å². The first-order chi connectivity index (χ1) is 10.2. The van der Waals surface area contributed by atoms with Gasteiger partial charge in [0.2, 0.25) is 0 Å². The lowest BCUT2D eigenvalue weighted by Crippen LogP contribution is -2.06. The molecule has 1 aromatic carbocycles. The third-order valence-electron chi connectivity index (χ3n) is 2.89. The molecule has 0 aliphatic rings. The van der Waals surface area contributed by atoms with E-state index in [1.807, 2.05) is 18.2 Å². The highest BCUT2D eigenvalue weighted by Crippen LogP contribution is 2.30. The van der Waals surface area contributed by atoms with E-state index < -0.39 is 4.92 Å². The van der Waals surface area contributed by atoms with Crippen LogP contribution in [0.15, 0.2) is 42.6 Å². The van der Waals surface area contributed by atoms with Crippen LogP contribution in [0.1, 0.15) is 12.6 Å². The maximum atomic E-state index is 10.9. The van der Waals surface area contributed by atoms with E-state index in [0.29, 0.717) is 13.2 Å². The molecule has 2 aromatic rings. The normalized spacial score (nSPS) is 10.1. The number of anilines is 1. The van der Waals surface area contributed by atoms with E-state index in [9.17, 15) is 10.1 Å². The van der Waals surface area contributed by atoms with Crippen LogP contribution in [0.4, 0.5) is 11.4 Å². The summed E-state index contributed by atoms with van der Waals surface area (Å²) in [5.41, 5.74) is 1.77. The number of nitrogens with one attached hydrogen (secondary N) is 1. The average Bonchev–Trinajstić information content (AvgIpc) is 2.49. The van der Waals surface area contributed by atoms with Gasteiger partial charge in [0.25, 0.3) is 0 Å². The summed E-state index contributed by atoms with van der Waals surface area (Å²) >= 11 is 0. The monoisotopic (exact) mass is 287 g/mol. The van der Waals surface area contributed by atoms with Crippen molar-refractivity contribution in [1.29, 1.82) is 0 Å². The Hall–Kier alpha value is -2.63. The SMILES string of the molecule is CCOc1cc(NCCc2ccccn2)ccc1[N+](=O)[O-]. The fourth-order valence-electron chi connectivity index (χ4n) is 1.93. The van der Waals surface area contributed by atoms with Crippen LogP contribution in [0.5, 0.6) is 5.75 Å². The summed E-state index contributed by atoms with van der Waals surface area (Å²) in [7, 11) is 0. The minimum Gasteiger partial charge on any atom is -0.487 e. The second-order valence-electron chi connectivity index (χ2n) is 4.37. The summed E-state index contributed by atoms with van der Waals surface area (Å²) in [5, 5.41) is 14.1. The fourth-order valence-corrected chi connectivity index (χ4v) is 1.93. The van der Waals surface area contributed by atoms with Crippen LogP contribution < -0.4 is 10.1 Å². The largest absolute Gasteiger partial charge is 0.487 e. The predicted octanol–water partition coefficient (Wildman–Crippen LogP) is 3.04. The Bertz CT molecular complexity index is 602. The molecule has 6 nitrogen and oxygen atoms in total. The van der Waals surface area contributed by atoms with Crippen molar-refractivity contribution in [3.63, 3.8) is 0 Å². The molecule has 2 rings (SSSR count). The Labute approximate surface area is 122 Å². The zero-order chi connectivity index (χ0) is 15.1. The number of benzene rings is 1. The van der Waals surface area contributed by atoms with Gasteiger partial charge in [0.05, 0.1) is 11.5 Å². The molecule has 0 aliphatic heterocycles. The first-order valence-electron chi connectivity index (χ1n) is 6.75. The molecule has 0 unspecified atom stereocenters. The third kappa shape index (κ3) is 4.17. The maximum absolute atomic E-state index is 10.9. The number of ether oxygens (including phenoxy) is 1. The molecule has 21 heavy (non-hydrogen) atoms. The molecular weight excluding hydrogens is 270 g/mol. The minimum absolute atomic E-state index is 0.0212. The van der Waals surface area contributed by atoms with Gasteiger partial charge in [-0.15, -0.1) is 0 Å². The molecule has 0 atom stereocenters. The highest BCUT2D eigenvalue weighted by atomic mass is 16.6. The fraction of sp³-hybridized carbons (Fsp3) is 0.267. The van der Waals surface area contributed by atoms with Crippen LogP contribution >= 0.6 is 0 Å². The summed E-state index contributed by atoms with van der Waals surface area (Å²) in [5.74, 6) is 0.283. The Balaban J connectivity index is 2.00. The van der Waals surface area contributed by atoms with Crippen molar-refractivity contribution in [1.82, 2.24) is 4.98 Å². The Morgan fingerprint density at radius 3 is 2.86 bits per heavy atom. The lowest BCUT2D eigenvalue weighted by atomic mass is 10.2. The van der Waals surface area contributed by atoms with Crippen LogP contribution in [0.2, 0.25) is 0 Å². The maximum Gasteiger partial charge on any atom is 0.311 e. The van der Waals surface area contributed by atoms with Crippen LogP contribution in [-0.4, -0.2) is 23.1 Å². The first-order valence-corrected chi connectivity index (χ1v) is 6.75. The number of hydrogen-bond donors (Lipinski definition) is 1. The molecule has 0 fully saturated rings. The van der Waals surface area contributed by atoms with Crippen LogP contribution in [0, 0.1) is 10.1 Å². The molecular formula is C15H17N3O3.